The maximum absolute atomic E-state index is 9.11. The van der Waals surface area contributed by atoms with E-state index in [1.165, 1.54) is 0 Å². The average molecular weight is 744 g/mol. The normalized spacial score (nSPS) is 12.1. The topological polar surface area (TPSA) is 68.2 Å². The van der Waals surface area contributed by atoms with Crippen molar-refractivity contribution in [2.24, 2.45) is 0 Å². The van der Waals surface area contributed by atoms with Gasteiger partial charge in [-0.2, -0.15) is 0 Å². The molecule has 6 heteroatoms. The molecule has 0 aliphatic heterocycles. The number of benzene rings is 6. The smallest absolute Gasteiger partial charge is 0.429 e. The molecule has 0 aromatic heterocycles. The molecule has 0 atom stereocenters. The van der Waals surface area contributed by atoms with Crippen LogP contribution in [-0.2, 0) is 25.3 Å². The molecule has 0 spiro atoms. The summed E-state index contributed by atoms with van der Waals surface area (Å²) >= 11 is 0. The number of hydrogen-bond donors (Lipinski definition) is 2. The van der Waals surface area contributed by atoms with Crippen molar-refractivity contribution >= 4 is 7.69 Å². The number of aliphatic hydroxyl groups excluding tert-OH is 1. The molecular weight excluding hydrogens is 691 g/mol. The van der Waals surface area contributed by atoms with Crippen LogP contribution in [0.2, 0.25) is 0 Å². The van der Waals surface area contributed by atoms with Crippen LogP contribution in [0.25, 0.3) is 0 Å². The first-order valence-electron chi connectivity index (χ1n) is 19.1. The fourth-order valence-electron chi connectivity index (χ4n) is 6.86. The standard InChI is InChI=1S/C25H26BO3.C25H26O2/c1-21(18-20-29-26-27)17-19-28-25(22-11-5-2-6-12-22,23-13-7-3-8-14-23)24-15-9-4-10-16-24;1-21(17-19-26)18-20-27-25(22-11-5-2-6-12-22,23-13-7-3-8-14-23)24-15-9-4-10-16-24/h2-16,18,27H,17,19-20H2,1H3;2-17,26H,18-20H2,1H3/b21-18-;21-17-. The molecule has 0 saturated carbocycles. The largest absolute Gasteiger partial charge is 0.485 e. The van der Waals surface area contributed by atoms with Gasteiger partial charge in [0.05, 0.1) is 19.8 Å². The highest BCUT2D eigenvalue weighted by Crippen LogP contribution is 2.42. The molecule has 0 aliphatic carbocycles. The summed E-state index contributed by atoms with van der Waals surface area (Å²) in [5.41, 5.74) is 7.49. The summed E-state index contributed by atoms with van der Waals surface area (Å²) in [7, 11) is 0.714. The zero-order valence-corrected chi connectivity index (χ0v) is 32.4. The molecule has 5 nitrogen and oxygen atoms in total. The molecule has 0 unspecified atom stereocenters. The van der Waals surface area contributed by atoms with E-state index in [2.05, 4.69) is 109 Å². The van der Waals surface area contributed by atoms with E-state index in [0.29, 0.717) is 27.5 Å². The predicted octanol–water partition coefficient (Wildman–Crippen LogP) is 10.2. The third-order valence-electron chi connectivity index (χ3n) is 9.75. The van der Waals surface area contributed by atoms with Crippen molar-refractivity contribution < 1.29 is 24.3 Å². The molecule has 0 bridgehead atoms. The summed E-state index contributed by atoms with van der Waals surface area (Å²) in [6.45, 7) is 5.58. The van der Waals surface area contributed by atoms with Crippen molar-refractivity contribution in [2.45, 2.75) is 37.9 Å². The number of rotatable bonds is 18. The Morgan fingerprint density at radius 1 is 0.464 bits per heavy atom. The first-order chi connectivity index (χ1) is 27.5. The SMILES string of the molecule is C/C(=C/CO)CCOC(c1ccccc1)(c1ccccc1)c1ccccc1.C/C(=C/CO[B]O)CCOC(c1ccccc1)(c1ccccc1)c1ccccc1. The fourth-order valence-corrected chi connectivity index (χ4v) is 6.86. The minimum Gasteiger partial charge on any atom is -0.429 e. The van der Waals surface area contributed by atoms with Gasteiger partial charge >= 0.3 is 7.69 Å². The molecule has 6 aromatic carbocycles. The van der Waals surface area contributed by atoms with Crippen LogP contribution in [0.15, 0.2) is 205 Å². The Hall–Kier alpha value is -5.34. The summed E-state index contributed by atoms with van der Waals surface area (Å²) in [6.07, 6.45) is 5.32. The Morgan fingerprint density at radius 2 is 0.732 bits per heavy atom. The summed E-state index contributed by atoms with van der Waals surface area (Å²) in [4.78, 5) is 0. The van der Waals surface area contributed by atoms with Gasteiger partial charge in [0.15, 0.2) is 0 Å². The highest BCUT2D eigenvalue weighted by atomic mass is 16.5. The lowest BCUT2D eigenvalue weighted by Crippen LogP contribution is -2.33. The number of ether oxygens (including phenoxy) is 2. The molecule has 6 aromatic rings. The van der Waals surface area contributed by atoms with Crippen molar-refractivity contribution in [2.75, 3.05) is 26.4 Å². The quantitative estimate of drug-likeness (QED) is 0.0397. The maximum atomic E-state index is 9.11. The minimum absolute atomic E-state index is 0.0625. The van der Waals surface area contributed by atoms with E-state index < -0.39 is 11.2 Å². The number of aliphatic hydroxyl groups is 1. The zero-order valence-electron chi connectivity index (χ0n) is 32.4. The summed E-state index contributed by atoms with van der Waals surface area (Å²) in [5, 5.41) is 17.8. The fraction of sp³-hybridized carbons (Fsp3) is 0.200. The maximum Gasteiger partial charge on any atom is 0.485 e. The Morgan fingerprint density at radius 3 is 0.982 bits per heavy atom. The van der Waals surface area contributed by atoms with E-state index in [9.17, 15) is 0 Å². The molecular formula is C50H52BO5. The van der Waals surface area contributed by atoms with Crippen LogP contribution >= 0.6 is 0 Å². The van der Waals surface area contributed by atoms with Gasteiger partial charge in [-0.05, 0) is 60.1 Å². The van der Waals surface area contributed by atoms with Crippen LogP contribution in [0.1, 0.15) is 60.1 Å². The molecule has 0 aliphatic rings. The Bertz CT molecular complexity index is 1830. The molecule has 6 rings (SSSR count). The summed E-state index contributed by atoms with van der Waals surface area (Å²) in [6, 6.07) is 62.2. The Labute approximate surface area is 333 Å². The highest BCUT2D eigenvalue weighted by molar-refractivity contribution is 6.15. The van der Waals surface area contributed by atoms with Gasteiger partial charge in [-0.3, -0.25) is 0 Å². The van der Waals surface area contributed by atoms with E-state index in [-0.39, 0.29) is 6.61 Å². The van der Waals surface area contributed by atoms with Crippen molar-refractivity contribution in [3.05, 3.63) is 239 Å². The van der Waals surface area contributed by atoms with Crippen LogP contribution < -0.4 is 0 Å². The van der Waals surface area contributed by atoms with Crippen molar-refractivity contribution in [1.29, 1.82) is 0 Å². The van der Waals surface area contributed by atoms with Crippen molar-refractivity contribution in [1.82, 2.24) is 0 Å². The lowest BCUT2D eigenvalue weighted by Gasteiger charge is -2.36. The van der Waals surface area contributed by atoms with Gasteiger partial charge in [-0.1, -0.05) is 205 Å². The monoisotopic (exact) mass is 743 g/mol. The number of hydrogen-bond acceptors (Lipinski definition) is 5. The average Bonchev–Trinajstić information content (AvgIpc) is 3.26. The van der Waals surface area contributed by atoms with Gasteiger partial charge in [0.1, 0.15) is 11.2 Å². The third-order valence-corrected chi connectivity index (χ3v) is 9.75. The second-order valence-electron chi connectivity index (χ2n) is 13.5. The highest BCUT2D eigenvalue weighted by Gasteiger charge is 2.38. The van der Waals surface area contributed by atoms with Crippen LogP contribution in [0.4, 0.5) is 0 Å². The molecule has 1 radical (unpaired) electrons. The van der Waals surface area contributed by atoms with E-state index in [0.717, 1.165) is 57.4 Å². The molecule has 0 heterocycles. The molecule has 0 saturated heterocycles. The zero-order chi connectivity index (χ0) is 39.3. The van der Waals surface area contributed by atoms with Gasteiger partial charge < -0.3 is 24.3 Å². The van der Waals surface area contributed by atoms with Gasteiger partial charge in [0, 0.05) is 6.61 Å². The first kappa shape index (κ1) is 41.8. The van der Waals surface area contributed by atoms with Crippen LogP contribution in [0.5, 0.6) is 0 Å². The molecule has 2 N–H and O–H groups in total. The Kier molecular flexibility index (Phi) is 16.6. The van der Waals surface area contributed by atoms with Crippen molar-refractivity contribution in [3.8, 4) is 0 Å². The molecule has 0 fully saturated rings. The van der Waals surface area contributed by atoms with Gasteiger partial charge in [-0.15, -0.1) is 0 Å². The lowest BCUT2D eigenvalue weighted by molar-refractivity contribution is 0.0146. The predicted molar refractivity (Wildman–Crippen MR) is 228 cm³/mol. The first-order valence-corrected chi connectivity index (χ1v) is 19.1. The summed E-state index contributed by atoms with van der Waals surface area (Å²) < 4.78 is 18.3. The second kappa shape index (κ2) is 22.3. The van der Waals surface area contributed by atoms with E-state index in [1.54, 1.807) is 0 Å². The van der Waals surface area contributed by atoms with Gasteiger partial charge in [0.2, 0.25) is 0 Å². The molecule has 56 heavy (non-hydrogen) atoms. The molecule has 0 amide bonds. The molecule has 285 valence electrons. The third kappa shape index (κ3) is 10.9. The van der Waals surface area contributed by atoms with Crippen LogP contribution in [0.3, 0.4) is 0 Å². The van der Waals surface area contributed by atoms with E-state index >= 15 is 0 Å². The van der Waals surface area contributed by atoms with Crippen LogP contribution in [0, 0.1) is 0 Å². The Balaban J connectivity index is 0.000000215. The second-order valence-corrected chi connectivity index (χ2v) is 13.5. The van der Waals surface area contributed by atoms with Crippen LogP contribution in [-0.4, -0.2) is 44.2 Å². The van der Waals surface area contributed by atoms with E-state index in [1.807, 2.05) is 98.8 Å². The van der Waals surface area contributed by atoms with Gasteiger partial charge in [-0.25, -0.2) is 0 Å². The lowest BCUT2D eigenvalue weighted by atomic mass is 9.80. The van der Waals surface area contributed by atoms with Gasteiger partial charge in [0.25, 0.3) is 0 Å². The van der Waals surface area contributed by atoms with Crippen molar-refractivity contribution in [3.63, 3.8) is 0 Å². The summed E-state index contributed by atoms with van der Waals surface area (Å²) in [5.74, 6) is 0. The van der Waals surface area contributed by atoms with E-state index in [4.69, 9.17) is 24.3 Å². The minimum atomic E-state index is -0.695.